The molecule has 2 aliphatic rings. The highest BCUT2D eigenvalue weighted by molar-refractivity contribution is 5.21. The van der Waals surface area contributed by atoms with Gasteiger partial charge in [0, 0.05) is 31.2 Å². The molecular weight excluding hydrogens is 186 g/mol. The Labute approximate surface area is 90.9 Å². The third-order valence-corrected chi connectivity index (χ3v) is 3.81. The molecule has 3 rings (SSSR count). The molecule has 2 heterocycles. The predicted molar refractivity (Wildman–Crippen MR) is 59.8 cm³/mol. The van der Waals surface area contributed by atoms with E-state index >= 15 is 0 Å². The first kappa shape index (κ1) is 9.40. The van der Waals surface area contributed by atoms with Crippen molar-refractivity contribution in [3.05, 3.63) is 17.2 Å². The van der Waals surface area contributed by atoms with E-state index in [0.717, 1.165) is 25.4 Å². The van der Waals surface area contributed by atoms with Gasteiger partial charge in [0.25, 0.3) is 0 Å². The number of rotatable bonds is 2. The lowest BCUT2D eigenvalue weighted by Gasteiger charge is -2.20. The molecule has 0 amide bonds. The molecule has 1 fully saturated rings. The first-order valence-corrected chi connectivity index (χ1v) is 6.04. The Morgan fingerprint density at radius 2 is 2.27 bits per heavy atom. The maximum atomic E-state index is 4.68. The summed E-state index contributed by atoms with van der Waals surface area (Å²) in [7, 11) is 0. The van der Waals surface area contributed by atoms with E-state index in [2.05, 4.69) is 28.7 Å². The molecule has 0 saturated heterocycles. The molecule has 0 aromatic carbocycles. The van der Waals surface area contributed by atoms with Crippen molar-refractivity contribution in [2.24, 2.45) is 5.92 Å². The molecule has 1 N–H and O–H groups in total. The lowest BCUT2D eigenvalue weighted by Crippen LogP contribution is -2.26. The van der Waals surface area contributed by atoms with Crippen LogP contribution in [-0.2, 0) is 13.0 Å². The van der Waals surface area contributed by atoms with E-state index in [9.17, 15) is 0 Å². The van der Waals surface area contributed by atoms with Gasteiger partial charge in [-0.05, 0) is 32.6 Å². The Bertz CT molecular complexity index is 376. The fourth-order valence-electron chi connectivity index (χ4n) is 2.80. The van der Waals surface area contributed by atoms with Gasteiger partial charge in [-0.3, -0.25) is 0 Å². The van der Waals surface area contributed by atoms with Crippen molar-refractivity contribution >= 4 is 0 Å². The van der Waals surface area contributed by atoms with Crippen LogP contribution in [0.15, 0.2) is 0 Å². The van der Waals surface area contributed by atoms with Crippen LogP contribution in [0.4, 0.5) is 0 Å². The van der Waals surface area contributed by atoms with E-state index in [4.69, 9.17) is 0 Å². The molecule has 1 unspecified atom stereocenters. The smallest absolute Gasteiger partial charge is 0.106 e. The summed E-state index contributed by atoms with van der Waals surface area (Å²) in [4.78, 5) is 4.68. The highest BCUT2D eigenvalue weighted by atomic mass is 15.1. The van der Waals surface area contributed by atoms with Gasteiger partial charge in [-0.25, -0.2) is 4.98 Å². The van der Waals surface area contributed by atoms with E-state index in [1.165, 1.54) is 30.1 Å². The lowest BCUT2D eigenvalue weighted by atomic mass is 10.1. The highest BCUT2D eigenvalue weighted by Crippen LogP contribution is 2.41. The van der Waals surface area contributed by atoms with Gasteiger partial charge < -0.3 is 9.88 Å². The van der Waals surface area contributed by atoms with Gasteiger partial charge in [-0.2, -0.15) is 0 Å². The summed E-state index contributed by atoms with van der Waals surface area (Å²) in [5.74, 6) is 2.12. The largest absolute Gasteiger partial charge is 0.329 e. The summed E-state index contributed by atoms with van der Waals surface area (Å²) in [6.07, 6.45) is 3.96. The van der Waals surface area contributed by atoms with Crippen LogP contribution in [0.3, 0.4) is 0 Å². The summed E-state index contributed by atoms with van der Waals surface area (Å²) in [5, 5.41) is 3.39. The van der Waals surface area contributed by atoms with Crippen molar-refractivity contribution in [1.82, 2.24) is 14.9 Å². The van der Waals surface area contributed by atoms with Crippen molar-refractivity contribution in [2.45, 2.75) is 45.7 Å². The maximum absolute atomic E-state index is 4.68. The monoisotopic (exact) mass is 205 g/mol. The Morgan fingerprint density at radius 3 is 3.00 bits per heavy atom. The SMILES string of the molecule is Cc1nc2c(n1C(C)C1CC1)CCNC2. The molecule has 1 aliphatic heterocycles. The van der Waals surface area contributed by atoms with E-state index in [0.29, 0.717) is 6.04 Å². The first-order chi connectivity index (χ1) is 7.27. The second-order valence-corrected chi connectivity index (χ2v) is 4.93. The second-order valence-electron chi connectivity index (χ2n) is 4.93. The van der Waals surface area contributed by atoms with Crippen LogP contribution in [0.2, 0.25) is 0 Å². The first-order valence-electron chi connectivity index (χ1n) is 6.04. The number of hydrogen-bond donors (Lipinski definition) is 1. The lowest BCUT2D eigenvalue weighted by molar-refractivity contribution is 0.452. The zero-order valence-electron chi connectivity index (χ0n) is 9.58. The van der Waals surface area contributed by atoms with Crippen LogP contribution in [-0.4, -0.2) is 16.1 Å². The number of nitrogens with one attached hydrogen (secondary N) is 1. The van der Waals surface area contributed by atoms with Crippen LogP contribution < -0.4 is 5.32 Å². The molecule has 82 valence electrons. The molecule has 1 saturated carbocycles. The minimum atomic E-state index is 0.666. The van der Waals surface area contributed by atoms with Crippen molar-refractivity contribution in [3.8, 4) is 0 Å². The summed E-state index contributed by atoms with van der Waals surface area (Å²) in [6.45, 7) is 6.57. The minimum Gasteiger partial charge on any atom is -0.329 e. The van der Waals surface area contributed by atoms with Crippen molar-refractivity contribution in [3.63, 3.8) is 0 Å². The van der Waals surface area contributed by atoms with Crippen LogP contribution in [0.1, 0.15) is 43.0 Å². The number of aromatic nitrogens is 2. The Kier molecular flexibility index (Phi) is 2.09. The number of hydrogen-bond acceptors (Lipinski definition) is 2. The van der Waals surface area contributed by atoms with E-state index in [1.54, 1.807) is 0 Å². The molecule has 1 aromatic rings. The van der Waals surface area contributed by atoms with Gasteiger partial charge in [-0.15, -0.1) is 0 Å². The summed E-state index contributed by atoms with van der Waals surface area (Å²) < 4.78 is 2.49. The Morgan fingerprint density at radius 1 is 1.47 bits per heavy atom. The van der Waals surface area contributed by atoms with Gasteiger partial charge in [0.1, 0.15) is 5.82 Å². The summed E-state index contributed by atoms with van der Waals surface area (Å²) >= 11 is 0. The number of imidazole rings is 1. The van der Waals surface area contributed by atoms with Gasteiger partial charge >= 0.3 is 0 Å². The molecule has 0 radical (unpaired) electrons. The molecular formula is C12H19N3. The third-order valence-electron chi connectivity index (χ3n) is 3.81. The Balaban J connectivity index is 2.00. The van der Waals surface area contributed by atoms with E-state index in [-0.39, 0.29) is 0 Å². The summed E-state index contributed by atoms with van der Waals surface area (Å²) in [6, 6.07) is 0.666. The fraction of sp³-hybridized carbons (Fsp3) is 0.750. The zero-order chi connectivity index (χ0) is 10.4. The van der Waals surface area contributed by atoms with Gasteiger partial charge in [-0.1, -0.05) is 0 Å². The molecule has 0 bridgehead atoms. The van der Waals surface area contributed by atoms with Gasteiger partial charge in [0.2, 0.25) is 0 Å². The second kappa shape index (κ2) is 3.34. The van der Waals surface area contributed by atoms with Crippen LogP contribution in [0.25, 0.3) is 0 Å². The molecule has 3 nitrogen and oxygen atoms in total. The van der Waals surface area contributed by atoms with E-state index < -0.39 is 0 Å². The number of aryl methyl sites for hydroxylation is 1. The third kappa shape index (κ3) is 1.49. The van der Waals surface area contributed by atoms with Crippen LogP contribution in [0.5, 0.6) is 0 Å². The average molecular weight is 205 g/mol. The van der Waals surface area contributed by atoms with Gasteiger partial charge in [0.05, 0.1) is 5.69 Å². The van der Waals surface area contributed by atoms with Crippen molar-refractivity contribution in [1.29, 1.82) is 0 Å². The minimum absolute atomic E-state index is 0.666. The molecule has 3 heteroatoms. The molecule has 1 atom stereocenters. The predicted octanol–water partition coefficient (Wildman–Crippen LogP) is 1.81. The maximum Gasteiger partial charge on any atom is 0.106 e. The standard InChI is InChI=1S/C12H19N3/c1-8(10-3-4-10)15-9(2)14-11-7-13-6-5-12(11)15/h8,10,13H,3-7H2,1-2H3. The zero-order valence-corrected chi connectivity index (χ0v) is 9.58. The van der Waals surface area contributed by atoms with Gasteiger partial charge in [0.15, 0.2) is 0 Å². The topological polar surface area (TPSA) is 29.9 Å². The number of nitrogens with zero attached hydrogens (tertiary/aromatic N) is 2. The number of fused-ring (bicyclic) bond motifs is 1. The van der Waals surface area contributed by atoms with Crippen LogP contribution >= 0.6 is 0 Å². The average Bonchev–Trinajstić information content (AvgIpc) is 3.00. The normalized spacial score (nSPS) is 22.5. The molecule has 15 heavy (non-hydrogen) atoms. The molecule has 1 aliphatic carbocycles. The summed E-state index contributed by atoms with van der Waals surface area (Å²) in [5.41, 5.74) is 2.77. The van der Waals surface area contributed by atoms with Crippen molar-refractivity contribution in [2.75, 3.05) is 6.54 Å². The van der Waals surface area contributed by atoms with Crippen LogP contribution in [0, 0.1) is 12.8 Å². The quantitative estimate of drug-likeness (QED) is 0.798. The fourth-order valence-corrected chi connectivity index (χ4v) is 2.80. The Hall–Kier alpha value is -0.830. The molecule has 0 spiro atoms. The molecule has 1 aromatic heterocycles. The van der Waals surface area contributed by atoms with Crippen molar-refractivity contribution < 1.29 is 0 Å². The highest BCUT2D eigenvalue weighted by Gasteiger charge is 2.32. The van der Waals surface area contributed by atoms with E-state index in [1.807, 2.05) is 0 Å².